The van der Waals surface area contributed by atoms with Crippen molar-refractivity contribution in [2.24, 2.45) is 5.73 Å². The van der Waals surface area contributed by atoms with Crippen molar-refractivity contribution in [1.29, 1.82) is 0 Å². The number of amides is 1. The smallest absolute Gasteiger partial charge is 0.250 e. The van der Waals surface area contributed by atoms with Crippen LogP contribution in [-0.4, -0.2) is 15.4 Å². The van der Waals surface area contributed by atoms with Crippen LogP contribution in [0.5, 0.6) is 0 Å². The molecule has 2 aromatic rings. The number of benzene rings is 2. The average molecular weight is 344 g/mol. The second-order valence-corrected chi connectivity index (χ2v) is 7.57. The van der Waals surface area contributed by atoms with Crippen LogP contribution < -0.4 is 16.1 Å². The molecule has 23 heavy (non-hydrogen) atoms. The van der Waals surface area contributed by atoms with E-state index in [0.717, 1.165) is 23.6 Å². The number of rotatable bonds is 5. The molecular weight excluding hydrogens is 322 g/mol. The van der Waals surface area contributed by atoms with E-state index in [0.29, 0.717) is 20.1 Å². The van der Waals surface area contributed by atoms with Gasteiger partial charge >= 0.3 is 0 Å². The van der Waals surface area contributed by atoms with Gasteiger partial charge in [0.2, 0.25) is 5.91 Å². The Labute approximate surface area is 145 Å². The first-order valence-corrected chi connectivity index (χ1v) is 9.24. The molecule has 0 saturated carbocycles. The van der Waals surface area contributed by atoms with E-state index in [1.54, 1.807) is 0 Å². The fourth-order valence-corrected chi connectivity index (χ4v) is 5.04. The summed E-state index contributed by atoms with van der Waals surface area (Å²) in [5.41, 5.74) is 10.8. The number of hydrogen-bond acceptors (Lipinski definition) is 1. The predicted octanol–water partition coefficient (Wildman–Crippen LogP) is 2.84. The largest absolute Gasteiger partial charge is 0.366 e. The van der Waals surface area contributed by atoms with Crippen LogP contribution in [0.25, 0.3) is 0 Å². The molecule has 2 radical (unpaired) electrons. The minimum absolute atomic E-state index is 0.369. The molecule has 2 rings (SSSR count). The van der Waals surface area contributed by atoms with Crippen LogP contribution in [0.1, 0.15) is 46.5 Å². The molecular formula is C19H22ClNOSi. The first-order chi connectivity index (χ1) is 10.9. The Bertz CT molecular complexity index is 735. The van der Waals surface area contributed by atoms with Crippen LogP contribution in [0.3, 0.4) is 0 Å². The molecule has 0 unspecified atom stereocenters. The van der Waals surface area contributed by atoms with E-state index in [2.05, 4.69) is 52.0 Å². The van der Waals surface area contributed by atoms with Crippen molar-refractivity contribution in [3.63, 3.8) is 0 Å². The Hall–Kier alpha value is -1.58. The van der Waals surface area contributed by atoms with E-state index >= 15 is 0 Å². The highest BCUT2D eigenvalue weighted by Gasteiger charge is 2.19. The molecule has 0 aliphatic carbocycles. The summed E-state index contributed by atoms with van der Waals surface area (Å²) in [5, 5.41) is 2.68. The Morgan fingerprint density at radius 1 is 1.09 bits per heavy atom. The van der Waals surface area contributed by atoms with E-state index in [-0.39, 0.29) is 0 Å². The minimum atomic E-state index is -0.445. The topological polar surface area (TPSA) is 43.1 Å². The van der Waals surface area contributed by atoms with Gasteiger partial charge in [0.1, 0.15) is 9.52 Å². The second-order valence-electron chi connectivity index (χ2n) is 5.82. The first kappa shape index (κ1) is 17.8. The highest BCUT2D eigenvalue weighted by molar-refractivity contribution is 6.69. The molecule has 1 amide bonds. The fraction of sp³-hybridized carbons (Fsp3) is 0.316. The number of carbonyl (C=O) groups is 1. The van der Waals surface area contributed by atoms with Crippen molar-refractivity contribution in [3.05, 3.63) is 57.1 Å². The van der Waals surface area contributed by atoms with Crippen LogP contribution in [0.2, 0.25) is 5.02 Å². The van der Waals surface area contributed by atoms with E-state index < -0.39 is 5.91 Å². The average Bonchev–Trinajstić information content (AvgIpc) is 2.45. The fourth-order valence-electron chi connectivity index (χ4n) is 2.98. The number of carbonyl (C=O) groups excluding carboxylic acids is 1. The van der Waals surface area contributed by atoms with Gasteiger partial charge < -0.3 is 5.73 Å². The molecule has 0 saturated heterocycles. The van der Waals surface area contributed by atoms with E-state index in [1.165, 1.54) is 21.9 Å². The number of aryl methyl sites for hydroxylation is 3. The molecule has 120 valence electrons. The standard InChI is InChI=1S/C19H22ClNOSi/c1-5-13-10-16(17(19(21)22)18(20)15(13)6-2)23-14-8-11(3)7-12(4)9-14/h7-10H,5-6H2,1-4H3,(H2,21,22). The van der Waals surface area contributed by atoms with Crippen molar-refractivity contribution in [3.8, 4) is 0 Å². The van der Waals surface area contributed by atoms with Crippen molar-refractivity contribution < 1.29 is 4.79 Å². The molecule has 0 atom stereocenters. The third-order valence-corrected chi connectivity index (χ3v) is 5.60. The Morgan fingerprint density at radius 3 is 2.17 bits per heavy atom. The lowest BCUT2D eigenvalue weighted by molar-refractivity contribution is 0.100. The molecule has 0 aliphatic rings. The maximum atomic E-state index is 12.0. The van der Waals surface area contributed by atoms with Gasteiger partial charge in [-0.05, 0) is 43.0 Å². The van der Waals surface area contributed by atoms with Gasteiger partial charge in [0.05, 0.1) is 10.6 Å². The Balaban J connectivity index is 2.60. The van der Waals surface area contributed by atoms with Crippen molar-refractivity contribution in [1.82, 2.24) is 0 Å². The maximum absolute atomic E-state index is 12.0. The third kappa shape index (κ3) is 3.85. The molecule has 2 aromatic carbocycles. The molecule has 0 aromatic heterocycles. The number of nitrogens with two attached hydrogens (primary N) is 1. The summed E-state index contributed by atoms with van der Waals surface area (Å²) < 4.78 is 0. The lowest BCUT2D eigenvalue weighted by Gasteiger charge is -2.16. The van der Waals surface area contributed by atoms with E-state index in [1.807, 2.05) is 0 Å². The minimum Gasteiger partial charge on any atom is -0.366 e. The van der Waals surface area contributed by atoms with Crippen LogP contribution in [0.15, 0.2) is 24.3 Å². The number of halogens is 1. The maximum Gasteiger partial charge on any atom is 0.250 e. The SMILES string of the molecule is CCc1cc([Si]c2cc(C)cc(C)c2)c(C(N)=O)c(Cl)c1CC. The highest BCUT2D eigenvalue weighted by Crippen LogP contribution is 2.24. The van der Waals surface area contributed by atoms with Crippen molar-refractivity contribution >= 4 is 37.4 Å². The summed E-state index contributed by atoms with van der Waals surface area (Å²) in [5.74, 6) is -0.445. The summed E-state index contributed by atoms with van der Waals surface area (Å²) in [6.07, 6.45) is 1.70. The highest BCUT2D eigenvalue weighted by atomic mass is 35.5. The summed E-state index contributed by atoms with van der Waals surface area (Å²) in [6.45, 7) is 8.33. The third-order valence-electron chi connectivity index (χ3n) is 3.94. The number of hydrogen-bond donors (Lipinski definition) is 1. The summed E-state index contributed by atoms with van der Waals surface area (Å²) in [6, 6.07) is 8.57. The molecule has 0 spiro atoms. The zero-order valence-electron chi connectivity index (χ0n) is 14.1. The summed E-state index contributed by atoms with van der Waals surface area (Å²) in [7, 11) is 0.369. The van der Waals surface area contributed by atoms with Gasteiger partial charge in [0.25, 0.3) is 0 Å². The molecule has 0 aliphatic heterocycles. The summed E-state index contributed by atoms with van der Waals surface area (Å²) in [4.78, 5) is 12.0. The zero-order valence-corrected chi connectivity index (χ0v) is 15.8. The monoisotopic (exact) mass is 343 g/mol. The van der Waals surface area contributed by atoms with Gasteiger partial charge in [-0.3, -0.25) is 4.79 Å². The zero-order chi connectivity index (χ0) is 17.1. The van der Waals surface area contributed by atoms with Gasteiger partial charge in [0.15, 0.2) is 0 Å². The van der Waals surface area contributed by atoms with Gasteiger partial charge in [-0.15, -0.1) is 0 Å². The normalized spacial score (nSPS) is 10.8. The predicted molar refractivity (Wildman–Crippen MR) is 99.7 cm³/mol. The molecule has 0 heterocycles. The van der Waals surface area contributed by atoms with Crippen LogP contribution in [0, 0.1) is 13.8 Å². The Morgan fingerprint density at radius 2 is 1.70 bits per heavy atom. The van der Waals surface area contributed by atoms with E-state index in [9.17, 15) is 4.79 Å². The van der Waals surface area contributed by atoms with Crippen LogP contribution >= 0.6 is 11.6 Å². The molecule has 0 fully saturated rings. The van der Waals surface area contributed by atoms with Gasteiger partial charge in [-0.2, -0.15) is 0 Å². The Kier molecular flexibility index (Phi) is 5.66. The van der Waals surface area contributed by atoms with Crippen molar-refractivity contribution in [2.45, 2.75) is 40.5 Å². The van der Waals surface area contributed by atoms with Gasteiger partial charge in [-0.1, -0.05) is 66.0 Å². The number of primary amides is 1. The molecule has 2 N–H and O–H groups in total. The molecule has 4 heteroatoms. The van der Waals surface area contributed by atoms with Crippen molar-refractivity contribution in [2.75, 3.05) is 0 Å². The van der Waals surface area contributed by atoms with Gasteiger partial charge in [-0.25, -0.2) is 0 Å². The lowest BCUT2D eigenvalue weighted by Crippen LogP contribution is -2.35. The summed E-state index contributed by atoms with van der Waals surface area (Å²) >= 11 is 6.53. The first-order valence-electron chi connectivity index (χ1n) is 7.86. The van der Waals surface area contributed by atoms with E-state index in [4.69, 9.17) is 17.3 Å². The van der Waals surface area contributed by atoms with Gasteiger partial charge in [0, 0.05) is 0 Å². The lowest BCUT2D eigenvalue weighted by atomic mass is 9.99. The quantitative estimate of drug-likeness (QED) is 0.833. The van der Waals surface area contributed by atoms with Crippen LogP contribution in [0.4, 0.5) is 0 Å². The second kappa shape index (κ2) is 7.32. The van der Waals surface area contributed by atoms with Crippen LogP contribution in [-0.2, 0) is 12.8 Å². The molecule has 2 nitrogen and oxygen atoms in total. The molecule has 0 bridgehead atoms.